The predicted molar refractivity (Wildman–Crippen MR) is 48.5 cm³/mol. The van der Waals surface area contributed by atoms with Gasteiger partial charge in [0.1, 0.15) is 0 Å². The van der Waals surface area contributed by atoms with E-state index in [-0.39, 0.29) is 0 Å². The molecule has 0 spiro atoms. The van der Waals surface area contributed by atoms with Crippen LogP contribution in [0.25, 0.3) is 0 Å². The van der Waals surface area contributed by atoms with Crippen LogP contribution in [0.2, 0.25) is 0 Å². The highest BCUT2D eigenvalue weighted by molar-refractivity contribution is 6.25. The zero-order valence-electron chi connectivity index (χ0n) is 6.96. The molecule has 0 radical (unpaired) electrons. The van der Waals surface area contributed by atoms with Gasteiger partial charge in [-0.25, -0.2) is 4.79 Å². The van der Waals surface area contributed by atoms with Crippen molar-refractivity contribution in [3.8, 4) is 0 Å². The Morgan fingerprint density at radius 3 is 2.92 bits per heavy atom. The van der Waals surface area contributed by atoms with E-state index in [1.165, 1.54) is 5.54 Å². The molecule has 0 rings (SSSR count). The van der Waals surface area contributed by atoms with Gasteiger partial charge in [-0.3, -0.25) is 0 Å². The Morgan fingerprint density at radius 1 is 1.75 bits per heavy atom. The molecule has 0 atom stereocenters. The second kappa shape index (κ2) is 6.94. The molecule has 0 unspecified atom stereocenters. The van der Waals surface area contributed by atoms with Crippen LogP contribution in [0.15, 0.2) is 11.6 Å². The molecular formula is C7H13ClN2O2. The van der Waals surface area contributed by atoms with Gasteiger partial charge in [-0.15, -0.1) is 0 Å². The average molecular weight is 193 g/mol. The maximum atomic E-state index is 10.0. The molecule has 5 heteroatoms. The Morgan fingerprint density at radius 2 is 2.42 bits per heavy atom. The van der Waals surface area contributed by atoms with Crippen LogP contribution in [0.1, 0.15) is 0 Å². The molecule has 0 heterocycles. The van der Waals surface area contributed by atoms with E-state index < -0.39 is 6.09 Å². The van der Waals surface area contributed by atoms with Crippen LogP contribution in [-0.2, 0) is 0 Å². The van der Waals surface area contributed by atoms with Gasteiger partial charge in [0.25, 0.3) is 0 Å². The van der Waals surface area contributed by atoms with Gasteiger partial charge in [-0.2, -0.15) is 0 Å². The summed E-state index contributed by atoms with van der Waals surface area (Å²) in [5, 5.41) is 10.5. The quantitative estimate of drug-likeness (QED) is 0.682. The minimum Gasteiger partial charge on any atom is -0.465 e. The molecule has 0 saturated heterocycles. The minimum absolute atomic E-state index is 0.432. The van der Waals surface area contributed by atoms with Crippen molar-refractivity contribution in [2.24, 2.45) is 0 Å². The topological polar surface area (TPSA) is 52.6 Å². The van der Waals surface area contributed by atoms with Crippen LogP contribution in [-0.4, -0.2) is 42.8 Å². The first-order valence-electron chi connectivity index (χ1n) is 3.57. The van der Waals surface area contributed by atoms with Gasteiger partial charge in [-0.1, -0.05) is 17.7 Å². The van der Waals surface area contributed by atoms with E-state index in [0.29, 0.717) is 13.1 Å². The summed E-state index contributed by atoms with van der Waals surface area (Å²) >= 11 is 5.31. The Hall–Kier alpha value is -0.740. The number of carboxylic acid groups (broad SMARTS) is 1. The van der Waals surface area contributed by atoms with Gasteiger partial charge < -0.3 is 15.3 Å². The molecule has 2 N–H and O–H groups in total. The van der Waals surface area contributed by atoms with E-state index >= 15 is 0 Å². The molecule has 1 amide bonds. The molecule has 12 heavy (non-hydrogen) atoms. The standard InChI is InChI=1S/C7H13ClN2O2/c1-10(5-2-3-8)6-4-9-7(11)12/h2-3,9H,4-6H2,1H3,(H,11,12). The monoisotopic (exact) mass is 192 g/mol. The van der Waals surface area contributed by atoms with Crippen LogP contribution in [0.5, 0.6) is 0 Å². The zero-order chi connectivity index (χ0) is 9.40. The Balaban J connectivity index is 3.31. The Bertz CT molecular complexity index is 161. The first-order valence-corrected chi connectivity index (χ1v) is 4.01. The van der Waals surface area contributed by atoms with E-state index in [4.69, 9.17) is 16.7 Å². The first-order chi connectivity index (χ1) is 5.66. The summed E-state index contributed by atoms with van der Waals surface area (Å²) in [6, 6.07) is 0. The van der Waals surface area contributed by atoms with E-state index in [2.05, 4.69) is 5.32 Å². The Kier molecular flexibility index (Phi) is 6.51. The van der Waals surface area contributed by atoms with Gasteiger partial charge in [0, 0.05) is 25.2 Å². The van der Waals surface area contributed by atoms with Crippen molar-refractivity contribution < 1.29 is 9.90 Å². The highest BCUT2D eigenvalue weighted by Crippen LogP contribution is 1.84. The molecule has 4 nitrogen and oxygen atoms in total. The lowest BCUT2D eigenvalue weighted by atomic mass is 10.5. The fourth-order valence-corrected chi connectivity index (χ4v) is 0.744. The zero-order valence-corrected chi connectivity index (χ0v) is 7.71. The molecule has 0 saturated carbocycles. The summed E-state index contributed by atoms with van der Waals surface area (Å²) < 4.78 is 0. The molecule has 0 aromatic heterocycles. The molecule has 70 valence electrons. The molecule has 0 aliphatic carbocycles. The maximum Gasteiger partial charge on any atom is 0.404 e. The van der Waals surface area contributed by atoms with Crippen LogP contribution in [0.4, 0.5) is 4.79 Å². The number of hydrogen-bond donors (Lipinski definition) is 2. The van der Waals surface area contributed by atoms with Crippen molar-refractivity contribution in [3.63, 3.8) is 0 Å². The third-order valence-electron chi connectivity index (χ3n) is 1.28. The molecule has 0 aliphatic rings. The van der Waals surface area contributed by atoms with Gasteiger partial charge >= 0.3 is 6.09 Å². The lowest BCUT2D eigenvalue weighted by Gasteiger charge is -2.13. The van der Waals surface area contributed by atoms with Gasteiger partial charge in [0.15, 0.2) is 0 Å². The maximum absolute atomic E-state index is 10.0. The third kappa shape index (κ3) is 7.37. The lowest BCUT2D eigenvalue weighted by molar-refractivity contribution is 0.193. The SMILES string of the molecule is CN(CC=CCl)CCNC(=O)O. The van der Waals surface area contributed by atoms with Gasteiger partial charge in [0.05, 0.1) is 0 Å². The molecule has 0 fully saturated rings. The number of hydrogen-bond acceptors (Lipinski definition) is 2. The van der Waals surface area contributed by atoms with Crippen LogP contribution in [0, 0.1) is 0 Å². The normalized spacial score (nSPS) is 10.9. The number of amides is 1. The third-order valence-corrected chi connectivity index (χ3v) is 1.45. The summed E-state index contributed by atoms with van der Waals surface area (Å²) in [5.74, 6) is 0. The number of nitrogens with one attached hydrogen (secondary N) is 1. The highest BCUT2D eigenvalue weighted by atomic mass is 35.5. The predicted octanol–water partition coefficient (Wildman–Crippen LogP) is 0.938. The number of halogens is 1. The van der Waals surface area contributed by atoms with Crippen molar-refractivity contribution in [2.45, 2.75) is 0 Å². The van der Waals surface area contributed by atoms with Crippen LogP contribution >= 0.6 is 11.6 Å². The first kappa shape index (κ1) is 11.3. The van der Waals surface area contributed by atoms with Crippen molar-refractivity contribution in [3.05, 3.63) is 11.6 Å². The summed E-state index contributed by atoms with van der Waals surface area (Å²) in [6.07, 6.45) is 0.804. The van der Waals surface area contributed by atoms with E-state index in [9.17, 15) is 4.79 Å². The minimum atomic E-state index is -0.990. The molecule has 0 aromatic rings. The van der Waals surface area contributed by atoms with Gasteiger partial charge in [0.2, 0.25) is 0 Å². The van der Waals surface area contributed by atoms with Gasteiger partial charge in [-0.05, 0) is 7.05 Å². The van der Waals surface area contributed by atoms with Crippen LogP contribution in [0.3, 0.4) is 0 Å². The largest absolute Gasteiger partial charge is 0.465 e. The van der Waals surface area contributed by atoms with E-state index in [0.717, 1.165) is 6.54 Å². The van der Waals surface area contributed by atoms with Crippen molar-refractivity contribution in [1.82, 2.24) is 10.2 Å². The summed E-state index contributed by atoms with van der Waals surface area (Å²) in [7, 11) is 1.89. The number of likely N-dealkylation sites (N-methyl/N-ethyl adjacent to an activating group) is 1. The molecule has 0 aliphatic heterocycles. The van der Waals surface area contributed by atoms with E-state index in [1.54, 1.807) is 6.08 Å². The van der Waals surface area contributed by atoms with Crippen molar-refractivity contribution in [2.75, 3.05) is 26.7 Å². The van der Waals surface area contributed by atoms with Crippen molar-refractivity contribution in [1.29, 1.82) is 0 Å². The highest BCUT2D eigenvalue weighted by Gasteiger charge is 1.96. The summed E-state index contributed by atoms with van der Waals surface area (Å²) in [6.45, 7) is 1.83. The fourth-order valence-electron chi connectivity index (χ4n) is 0.665. The average Bonchev–Trinajstić information content (AvgIpc) is 2.00. The lowest BCUT2D eigenvalue weighted by Crippen LogP contribution is -2.32. The molecule has 0 bridgehead atoms. The number of rotatable bonds is 5. The van der Waals surface area contributed by atoms with Crippen molar-refractivity contribution >= 4 is 17.7 Å². The fraction of sp³-hybridized carbons (Fsp3) is 0.571. The smallest absolute Gasteiger partial charge is 0.404 e. The number of nitrogens with zero attached hydrogens (tertiary/aromatic N) is 1. The van der Waals surface area contributed by atoms with E-state index in [1.807, 2.05) is 11.9 Å². The summed E-state index contributed by atoms with van der Waals surface area (Å²) in [5.41, 5.74) is 1.45. The Labute approximate surface area is 76.8 Å². The molecule has 0 aromatic carbocycles. The second-order valence-corrected chi connectivity index (χ2v) is 2.61. The second-order valence-electron chi connectivity index (χ2n) is 2.36. The summed E-state index contributed by atoms with van der Waals surface area (Å²) in [4.78, 5) is 12.0. The number of carbonyl (C=O) groups is 1. The molecular weight excluding hydrogens is 180 g/mol. The van der Waals surface area contributed by atoms with Crippen LogP contribution < -0.4 is 5.32 Å².